The van der Waals surface area contributed by atoms with Gasteiger partial charge in [-0.3, -0.25) is 0 Å². The SMILES string of the molecule is CCCOCC(N)c1ccc(Cl)c(Cl)c1. The summed E-state index contributed by atoms with van der Waals surface area (Å²) in [6.45, 7) is 3.30. The summed E-state index contributed by atoms with van der Waals surface area (Å²) < 4.78 is 5.37. The fraction of sp³-hybridized carbons (Fsp3) is 0.455. The number of hydrogen-bond donors (Lipinski definition) is 1. The normalized spacial score (nSPS) is 12.8. The first-order valence-corrected chi connectivity index (χ1v) is 5.69. The molecule has 15 heavy (non-hydrogen) atoms. The molecule has 1 aromatic carbocycles. The first kappa shape index (κ1) is 12.8. The van der Waals surface area contributed by atoms with Crippen LogP contribution in [0.25, 0.3) is 0 Å². The molecule has 0 bridgehead atoms. The molecule has 0 amide bonds. The maximum Gasteiger partial charge on any atom is 0.0659 e. The van der Waals surface area contributed by atoms with Gasteiger partial charge in [0.2, 0.25) is 0 Å². The molecule has 1 atom stereocenters. The van der Waals surface area contributed by atoms with Crippen molar-refractivity contribution in [1.29, 1.82) is 0 Å². The smallest absolute Gasteiger partial charge is 0.0659 e. The van der Waals surface area contributed by atoms with Crippen molar-refractivity contribution in [3.05, 3.63) is 33.8 Å². The minimum Gasteiger partial charge on any atom is -0.379 e. The van der Waals surface area contributed by atoms with Crippen molar-refractivity contribution in [2.24, 2.45) is 5.73 Å². The Hall–Kier alpha value is -0.280. The molecule has 1 rings (SSSR count). The van der Waals surface area contributed by atoms with Crippen LogP contribution in [-0.2, 0) is 4.74 Å². The Labute approximate surface area is 100 Å². The summed E-state index contributed by atoms with van der Waals surface area (Å²) in [6.07, 6.45) is 0.994. The van der Waals surface area contributed by atoms with Gasteiger partial charge in [0.05, 0.1) is 22.7 Å². The fourth-order valence-electron chi connectivity index (χ4n) is 1.19. The van der Waals surface area contributed by atoms with Crippen LogP contribution in [0.3, 0.4) is 0 Å². The molecule has 0 spiro atoms. The maximum absolute atomic E-state index is 5.93. The zero-order chi connectivity index (χ0) is 11.3. The van der Waals surface area contributed by atoms with Gasteiger partial charge in [0, 0.05) is 6.61 Å². The topological polar surface area (TPSA) is 35.2 Å². The zero-order valence-electron chi connectivity index (χ0n) is 8.67. The molecule has 0 aliphatic rings. The van der Waals surface area contributed by atoms with Gasteiger partial charge in [0.15, 0.2) is 0 Å². The van der Waals surface area contributed by atoms with E-state index < -0.39 is 0 Å². The standard InChI is InChI=1S/C11H15Cl2NO/c1-2-5-15-7-11(14)8-3-4-9(12)10(13)6-8/h3-4,6,11H,2,5,7,14H2,1H3. The van der Waals surface area contributed by atoms with Gasteiger partial charge in [-0.2, -0.15) is 0 Å². The number of benzene rings is 1. The molecule has 0 radical (unpaired) electrons. The summed E-state index contributed by atoms with van der Waals surface area (Å²) in [4.78, 5) is 0. The van der Waals surface area contributed by atoms with Crippen LogP contribution in [0.15, 0.2) is 18.2 Å². The van der Waals surface area contributed by atoms with Crippen molar-refractivity contribution in [1.82, 2.24) is 0 Å². The van der Waals surface area contributed by atoms with E-state index in [0.717, 1.165) is 18.6 Å². The van der Waals surface area contributed by atoms with Gasteiger partial charge >= 0.3 is 0 Å². The molecule has 84 valence electrons. The summed E-state index contributed by atoms with van der Waals surface area (Å²) in [6, 6.07) is 5.25. The Morgan fingerprint density at radius 3 is 2.67 bits per heavy atom. The molecule has 1 unspecified atom stereocenters. The lowest BCUT2D eigenvalue weighted by Crippen LogP contribution is -2.17. The molecule has 0 aromatic heterocycles. The van der Waals surface area contributed by atoms with Gasteiger partial charge in [-0.25, -0.2) is 0 Å². The van der Waals surface area contributed by atoms with Gasteiger partial charge in [-0.05, 0) is 24.1 Å². The number of nitrogens with two attached hydrogens (primary N) is 1. The highest BCUT2D eigenvalue weighted by Crippen LogP contribution is 2.24. The molecule has 1 aromatic rings. The van der Waals surface area contributed by atoms with Crippen LogP contribution >= 0.6 is 23.2 Å². The average molecular weight is 248 g/mol. The summed E-state index contributed by atoms with van der Waals surface area (Å²) in [5, 5.41) is 1.07. The van der Waals surface area contributed by atoms with E-state index in [9.17, 15) is 0 Å². The lowest BCUT2D eigenvalue weighted by molar-refractivity contribution is 0.121. The van der Waals surface area contributed by atoms with E-state index in [0.29, 0.717) is 16.7 Å². The minimum absolute atomic E-state index is 0.147. The first-order valence-electron chi connectivity index (χ1n) is 4.93. The predicted molar refractivity (Wildman–Crippen MR) is 64.5 cm³/mol. The van der Waals surface area contributed by atoms with Crippen molar-refractivity contribution < 1.29 is 4.74 Å². The van der Waals surface area contributed by atoms with Crippen LogP contribution in [0.4, 0.5) is 0 Å². The predicted octanol–water partition coefficient (Wildman–Crippen LogP) is 3.42. The second-order valence-electron chi connectivity index (χ2n) is 3.35. The summed E-state index contributed by atoms with van der Waals surface area (Å²) in [5.74, 6) is 0. The van der Waals surface area contributed by atoms with Gasteiger partial charge in [0.25, 0.3) is 0 Å². The second kappa shape index (κ2) is 6.33. The Morgan fingerprint density at radius 2 is 2.07 bits per heavy atom. The van der Waals surface area contributed by atoms with Gasteiger partial charge in [-0.15, -0.1) is 0 Å². The maximum atomic E-state index is 5.93. The zero-order valence-corrected chi connectivity index (χ0v) is 10.2. The third-order valence-corrected chi connectivity index (χ3v) is 2.76. The van der Waals surface area contributed by atoms with Crippen LogP contribution in [0.1, 0.15) is 24.9 Å². The molecule has 4 heteroatoms. The summed E-state index contributed by atoms with van der Waals surface area (Å²) >= 11 is 11.7. The van der Waals surface area contributed by atoms with E-state index in [1.54, 1.807) is 12.1 Å². The van der Waals surface area contributed by atoms with Crippen LogP contribution in [-0.4, -0.2) is 13.2 Å². The molecule has 2 N–H and O–H groups in total. The summed E-state index contributed by atoms with van der Waals surface area (Å²) in [5.41, 5.74) is 6.87. The molecule has 0 saturated heterocycles. The molecule has 2 nitrogen and oxygen atoms in total. The average Bonchev–Trinajstić information content (AvgIpc) is 2.22. The largest absolute Gasteiger partial charge is 0.379 e. The highest BCUT2D eigenvalue weighted by Gasteiger charge is 2.07. The third kappa shape index (κ3) is 3.99. The third-order valence-electron chi connectivity index (χ3n) is 2.02. The number of hydrogen-bond acceptors (Lipinski definition) is 2. The van der Waals surface area contributed by atoms with Gasteiger partial charge in [0.1, 0.15) is 0 Å². The van der Waals surface area contributed by atoms with Crippen LogP contribution in [0.5, 0.6) is 0 Å². The first-order chi connectivity index (χ1) is 7.15. The van der Waals surface area contributed by atoms with E-state index in [4.69, 9.17) is 33.7 Å². The molecular weight excluding hydrogens is 233 g/mol. The van der Waals surface area contributed by atoms with Crippen molar-refractivity contribution in [2.75, 3.05) is 13.2 Å². The Morgan fingerprint density at radius 1 is 1.33 bits per heavy atom. The van der Waals surface area contributed by atoms with Crippen molar-refractivity contribution >= 4 is 23.2 Å². The van der Waals surface area contributed by atoms with E-state index in [1.165, 1.54) is 0 Å². The highest BCUT2D eigenvalue weighted by atomic mass is 35.5. The molecule has 0 aliphatic heterocycles. The van der Waals surface area contributed by atoms with E-state index >= 15 is 0 Å². The van der Waals surface area contributed by atoms with Crippen LogP contribution in [0, 0.1) is 0 Å². The van der Waals surface area contributed by atoms with Crippen LogP contribution in [0.2, 0.25) is 10.0 Å². The van der Waals surface area contributed by atoms with Crippen molar-refractivity contribution in [3.8, 4) is 0 Å². The molecule has 0 saturated carbocycles. The van der Waals surface area contributed by atoms with Gasteiger partial charge in [-0.1, -0.05) is 36.2 Å². The Kier molecular flexibility index (Phi) is 5.40. The summed E-state index contributed by atoms with van der Waals surface area (Å²) in [7, 11) is 0. The van der Waals surface area contributed by atoms with Gasteiger partial charge < -0.3 is 10.5 Å². The number of ether oxygens (including phenoxy) is 1. The Bertz CT molecular complexity index is 317. The van der Waals surface area contributed by atoms with Crippen molar-refractivity contribution in [2.45, 2.75) is 19.4 Å². The minimum atomic E-state index is -0.147. The monoisotopic (exact) mass is 247 g/mol. The second-order valence-corrected chi connectivity index (χ2v) is 4.17. The highest BCUT2D eigenvalue weighted by molar-refractivity contribution is 6.42. The Balaban J connectivity index is 2.57. The fourth-order valence-corrected chi connectivity index (χ4v) is 1.50. The molecular formula is C11H15Cl2NO. The number of halogens is 2. The van der Waals surface area contributed by atoms with E-state index in [1.807, 2.05) is 6.07 Å². The van der Waals surface area contributed by atoms with Crippen molar-refractivity contribution in [3.63, 3.8) is 0 Å². The lowest BCUT2D eigenvalue weighted by Gasteiger charge is -2.12. The molecule has 0 fully saturated rings. The van der Waals surface area contributed by atoms with E-state index in [-0.39, 0.29) is 6.04 Å². The quantitative estimate of drug-likeness (QED) is 0.810. The molecule has 0 aliphatic carbocycles. The lowest BCUT2D eigenvalue weighted by atomic mass is 10.1. The molecule has 0 heterocycles. The number of rotatable bonds is 5. The van der Waals surface area contributed by atoms with E-state index in [2.05, 4.69) is 6.92 Å². The van der Waals surface area contributed by atoms with Crippen LogP contribution < -0.4 is 5.73 Å².